The summed E-state index contributed by atoms with van der Waals surface area (Å²) in [6.45, 7) is 3.86. The van der Waals surface area contributed by atoms with Crippen molar-refractivity contribution in [3.63, 3.8) is 0 Å². The third-order valence-corrected chi connectivity index (χ3v) is 7.29. The molecule has 3 aromatic rings. The molecule has 0 bridgehead atoms. The number of benzene rings is 3. The second-order valence-electron chi connectivity index (χ2n) is 9.25. The van der Waals surface area contributed by atoms with Crippen LogP contribution < -0.4 is 5.32 Å². The van der Waals surface area contributed by atoms with Crippen molar-refractivity contribution in [3.8, 4) is 0 Å². The molecule has 1 aliphatic heterocycles. The molecule has 1 N–H and O–H groups in total. The van der Waals surface area contributed by atoms with Crippen LogP contribution in [-0.4, -0.2) is 29.4 Å². The summed E-state index contributed by atoms with van der Waals surface area (Å²) < 4.78 is 0. The zero-order valence-corrected chi connectivity index (χ0v) is 21.1. The fourth-order valence-electron chi connectivity index (χ4n) is 4.88. The number of carbonyl (C=O) groups excluding carboxylic acids is 1. The van der Waals surface area contributed by atoms with Crippen LogP contribution in [0.2, 0.25) is 10.0 Å². The molecule has 0 aromatic heterocycles. The zero-order chi connectivity index (χ0) is 23.9. The molecule has 3 nitrogen and oxygen atoms in total. The lowest BCUT2D eigenvalue weighted by molar-refractivity contribution is -0.128. The van der Waals surface area contributed by atoms with Gasteiger partial charge in [0.15, 0.2) is 0 Å². The Kier molecular flexibility index (Phi) is 8.66. The van der Waals surface area contributed by atoms with Crippen LogP contribution >= 0.6 is 23.2 Å². The molecular weight excluding hydrogens is 463 g/mol. The van der Waals surface area contributed by atoms with Crippen LogP contribution in [0.5, 0.6) is 0 Å². The summed E-state index contributed by atoms with van der Waals surface area (Å²) >= 11 is 12.2. The third kappa shape index (κ3) is 6.63. The van der Waals surface area contributed by atoms with E-state index in [0.29, 0.717) is 5.02 Å². The number of hydrogen-bond acceptors (Lipinski definition) is 2. The molecule has 1 aliphatic rings. The van der Waals surface area contributed by atoms with Gasteiger partial charge in [0.2, 0.25) is 5.91 Å². The first-order valence-electron chi connectivity index (χ1n) is 12.1. The summed E-state index contributed by atoms with van der Waals surface area (Å²) in [5.74, 6) is 0.242. The van der Waals surface area contributed by atoms with E-state index in [1.807, 2.05) is 30.3 Å². The quantitative estimate of drug-likeness (QED) is 0.370. The van der Waals surface area contributed by atoms with Crippen LogP contribution in [0.25, 0.3) is 0 Å². The van der Waals surface area contributed by atoms with Gasteiger partial charge in [-0.25, -0.2) is 0 Å². The van der Waals surface area contributed by atoms with Crippen molar-refractivity contribution in [3.05, 3.63) is 106 Å². The fourth-order valence-corrected chi connectivity index (χ4v) is 5.14. The van der Waals surface area contributed by atoms with Gasteiger partial charge < -0.3 is 5.32 Å². The Balaban J connectivity index is 1.49. The molecule has 1 amide bonds. The van der Waals surface area contributed by atoms with E-state index in [2.05, 4.69) is 65.7 Å². The maximum absolute atomic E-state index is 13.5. The highest BCUT2D eigenvalue weighted by molar-refractivity contribution is 6.30. The minimum Gasteiger partial charge on any atom is -0.352 e. The number of carbonyl (C=O) groups is 1. The fraction of sp³-hybridized carbons (Fsp3) is 0.345. The SMILES string of the molecule is C[C@@H](NC(=O)C1CCCCN1Cc1ccccc1)[C@H](Cc1ccc(Cl)cc1)c1ccc(Cl)cc1. The number of amides is 1. The van der Waals surface area contributed by atoms with E-state index in [0.717, 1.165) is 49.4 Å². The number of nitrogens with zero attached hydrogens (tertiary/aromatic N) is 1. The van der Waals surface area contributed by atoms with Gasteiger partial charge in [0.1, 0.15) is 0 Å². The standard InChI is InChI=1S/C29H32Cl2N2O/c1-21(27(24-12-16-26(31)17-13-24)19-22-10-14-25(30)15-11-22)32-29(34)28-9-5-6-18-33(28)20-23-7-3-2-4-8-23/h2-4,7-8,10-17,21,27-28H,5-6,9,18-20H2,1H3,(H,32,34)/t21-,27+,28?/m1/s1. The van der Waals surface area contributed by atoms with Crippen molar-refractivity contribution in [2.45, 2.75) is 57.2 Å². The lowest BCUT2D eigenvalue weighted by Crippen LogP contribution is -2.52. The van der Waals surface area contributed by atoms with Crippen molar-refractivity contribution < 1.29 is 4.79 Å². The van der Waals surface area contributed by atoms with Crippen LogP contribution in [0.15, 0.2) is 78.9 Å². The van der Waals surface area contributed by atoms with E-state index < -0.39 is 0 Å². The van der Waals surface area contributed by atoms with Gasteiger partial charge >= 0.3 is 0 Å². The Morgan fingerprint density at radius 2 is 1.56 bits per heavy atom. The first-order chi connectivity index (χ1) is 16.5. The zero-order valence-electron chi connectivity index (χ0n) is 19.6. The summed E-state index contributed by atoms with van der Waals surface area (Å²) in [7, 11) is 0. The van der Waals surface area contributed by atoms with Crippen molar-refractivity contribution in [2.75, 3.05) is 6.54 Å². The number of likely N-dealkylation sites (tertiary alicyclic amines) is 1. The second kappa shape index (κ2) is 11.9. The van der Waals surface area contributed by atoms with Gasteiger partial charge in [-0.15, -0.1) is 0 Å². The second-order valence-corrected chi connectivity index (χ2v) is 10.1. The molecule has 3 atom stereocenters. The summed E-state index contributed by atoms with van der Waals surface area (Å²) in [6.07, 6.45) is 3.92. The summed E-state index contributed by atoms with van der Waals surface area (Å²) in [5, 5.41) is 4.81. The topological polar surface area (TPSA) is 32.3 Å². The lowest BCUT2D eigenvalue weighted by Gasteiger charge is -2.36. The Labute approximate surface area is 213 Å². The Morgan fingerprint density at radius 3 is 2.24 bits per heavy atom. The Hall–Kier alpha value is -2.33. The normalized spacial score (nSPS) is 18.3. The molecular formula is C29H32Cl2N2O. The van der Waals surface area contributed by atoms with E-state index in [1.165, 1.54) is 11.1 Å². The van der Waals surface area contributed by atoms with Crippen molar-refractivity contribution in [2.24, 2.45) is 0 Å². The van der Waals surface area contributed by atoms with E-state index in [-0.39, 0.29) is 23.9 Å². The van der Waals surface area contributed by atoms with Gasteiger partial charge in [-0.3, -0.25) is 9.69 Å². The number of hydrogen-bond donors (Lipinski definition) is 1. The lowest BCUT2D eigenvalue weighted by atomic mass is 9.86. The van der Waals surface area contributed by atoms with Crippen LogP contribution in [-0.2, 0) is 17.8 Å². The van der Waals surface area contributed by atoms with E-state index in [9.17, 15) is 4.79 Å². The van der Waals surface area contributed by atoms with Crippen LogP contribution in [0.1, 0.15) is 48.8 Å². The molecule has 1 saturated heterocycles. The highest BCUT2D eigenvalue weighted by Gasteiger charge is 2.31. The van der Waals surface area contributed by atoms with Crippen molar-refractivity contribution in [1.82, 2.24) is 10.2 Å². The molecule has 4 rings (SSSR count). The molecule has 1 fully saturated rings. The first-order valence-corrected chi connectivity index (χ1v) is 12.8. The van der Waals surface area contributed by atoms with E-state index in [4.69, 9.17) is 23.2 Å². The molecule has 5 heteroatoms. The minimum atomic E-state index is -0.0993. The maximum atomic E-state index is 13.5. The van der Waals surface area contributed by atoms with Gasteiger partial charge in [0.05, 0.1) is 6.04 Å². The molecule has 1 heterocycles. The molecule has 1 unspecified atom stereocenters. The smallest absolute Gasteiger partial charge is 0.237 e. The molecule has 178 valence electrons. The van der Waals surface area contributed by atoms with Crippen LogP contribution in [0.3, 0.4) is 0 Å². The molecule has 34 heavy (non-hydrogen) atoms. The predicted octanol–water partition coefficient (Wildman–Crippen LogP) is 6.88. The highest BCUT2D eigenvalue weighted by Crippen LogP contribution is 2.28. The third-order valence-electron chi connectivity index (χ3n) is 6.79. The highest BCUT2D eigenvalue weighted by atomic mass is 35.5. The van der Waals surface area contributed by atoms with Gasteiger partial charge in [-0.05, 0) is 73.7 Å². The van der Waals surface area contributed by atoms with Crippen LogP contribution in [0.4, 0.5) is 0 Å². The predicted molar refractivity (Wildman–Crippen MR) is 141 cm³/mol. The van der Waals surface area contributed by atoms with E-state index >= 15 is 0 Å². The summed E-state index contributed by atoms with van der Waals surface area (Å²) in [5.41, 5.74) is 3.60. The molecule has 0 saturated carbocycles. The number of halogens is 2. The van der Waals surface area contributed by atoms with Gasteiger partial charge in [0.25, 0.3) is 0 Å². The first kappa shape index (κ1) is 24.8. The van der Waals surface area contributed by atoms with Gasteiger partial charge in [-0.2, -0.15) is 0 Å². The number of nitrogens with one attached hydrogen (secondary N) is 1. The Bertz CT molecular complexity index is 1050. The average Bonchev–Trinajstić information content (AvgIpc) is 2.85. The minimum absolute atomic E-state index is 0.0372. The Morgan fingerprint density at radius 1 is 0.912 bits per heavy atom. The van der Waals surface area contributed by atoms with Gasteiger partial charge in [-0.1, -0.05) is 84.2 Å². The van der Waals surface area contributed by atoms with Crippen molar-refractivity contribution >= 4 is 29.1 Å². The molecule has 0 radical (unpaired) electrons. The van der Waals surface area contributed by atoms with Crippen LogP contribution in [0, 0.1) is 0 Å². The summed E-state index contributed by atoms with van der Waals surface area (Å²) in [4.78, 5) is 15.8. The van der Waals surface area contributed by atoms with Crippen molar-refractivity contribution in [1.29, 1.82) is 0 Å². The monoisotopic (exact) mass is 494 g/mol. The van der Waals surface area contributed by atoms with E-state index in [1.54, 1.807) is 0 Å². The molecule has 0 spiro atoms. The maximum Gasteiger partial charge on any atom is 0.237 e. The molecule has 3 aromatic carbocycles. The number of rotatable bonds is 8. The van der Waals surface area contributed by atoms with Gasteiger partial charge in [0, 0.05) is 28.5 Å². The number of piperidine rings is 1. The molecule has 0 aliphatic carbocycles. The largest absolute Gasteiger partial charge is 0.352 e. The average molecular weight is 495 g/mol. The summed E-state index contributed by atoms with van der Waals surface area (Å²) in [6, 6.07) is 26.2.